The van der Waals surface area contributed by atoms with Gasteiger partial charge in [-0.25, -0.2) is 0 Å². The second kappa shape index (κ2) is 7.95. The van der Waals surface area contributed by atoms with Gasteiger partial charge >= 0.3 is 0 Å². The molecule has 1 aliphatic heterocycles. The summed E-state index contributed by atoms with van der Waals surface area (Å²) < 4.78 is 0. The number of benzene rings is 2. The number of amides is 2. The number of carbonyl (C=O) groups is 2. The van der Waals surface area contributed by atoms with E-state index in [1.54, 1.807) is 19.0 Å². The van der Waals surface area contributed by atoms with Gasteiger partial charge in [0.1, 0.15) is 0 Å². The van der Waals surface area contributed by atoms with Crippen LogP contribution < -0.4 is 0 Å². The van der Waals surface area contributed by atoms with E-state index >= 15 is 0 Å². The maximum atomic E-state index is 13.1. The zero-order chi connectivity index (χ0) is 19.4. The third-order valence-corrected chi connectivity index (χ3v) is 5.45. The highest BCUT2D eigenvalue weighted by Crippen LogP contribution is 2.37. The van der Waals surface area contributed by atoms with E-state index in [0.717, 1.165) is 11.1 Å². The first-order valence-electron chi connectivity index (χ1n) is 9.59. The molecule has 0 N–H and O–H groups in total. The molecular weight excluding hydrogens is 336 g/mol. The number of hydrogen-bond acceptors (Lipinski definition) is 2. The van der Waals surface area contributed by atoms with E-state index in [4.69, 9.17) is 0 Å². The van der Waals surface area contributed by atoms with Crippen LogP contribution in [-0.2, 0) is 16.0 Å². The number of likely N-dealkylation sites (tertiary alicyclic amines) is 1. The molecule has 0 radical (unpaired) electrons. The fourth-order valence-electron chi connectivity index (χ4n) is 4.06. The molecule has 0 aromatic heterocycles. The minimum atomic E-state index is -0.538. The highest BCUT2D eigenvalue weighted by atomic mass is 16.2. The van der Waals surface area contributed by atoms with Crippen LogP contribution in [0.15, 0.2) is 54.6 Å². The maximum absolute atomic E-state index is 13.1. The van der Waals surface area contributed by atoms with E-state index in [2.05, 4.69) is 36.4 Å². The lowest BCUT2D eigenvalue weighted by Crippen LogP contribution is -2.44. The summed E-state index contributed by atoms with van der Waals surface area (Å²) in [5.74, 6) is 0.237. The molecule has 0 aliphatic carbocycles. The molecule has 4 nitrogen and oxygen atoms in total. The summed E-state index contributed by atoms with van der Waals surface area (Å²) in [5, 5.41) is 0. The molecule has 0 bridgehead atoms. The lowest BCUT2D eigenvalue weighted by molar-refractivity contribution is -0.139. The molecule has 2 aromatic carbocycles. The highest BCUT2D eigenvalue weighted by Gasteiger charge is 2.46. The van der Waals surface area contributed by atoms with Crippen LogP contribution in [0.25, 0.3) is 11.1 Å². The van der Waals surface area contributed by atoms with Crippen molar-refractivity contribution in [2.24, 2.45) is 5.41 Å². The summed E-state index contributed by atoms with van der Waals surface area (Å²) in [6.45, 7) is 3.04. The molecule has 142 valence electrons. The van der Waals surface area contributed by atoms with Crippen molar-refractivity contribution in [2.45, 2.75) is 26.2 Å². The van der Waals surface area contributed by atoms with Gasteiger partial charge < -0.3 is 9.80 Å². The first kappa shape index (κ1) is 19.2. The molecule has 3 rings (SSSR count). The van der Waals surface area contributed by atoms with Crippen LogP contribution in [0.5, 0.6) is 0 Å². The van der Waals surface area contributed by atoms with Crippen molar-refractivity contribution >= 4 is 11.8 Å². The van der Waals surface area contributed by atoms with Crippen molar-refractivity contribution in [3.05, 3.63) is 60.2 Å². The van der Waals surface area contributed by atoms with E-state index < -0.39 is 5.41 Å². The smallest absolute Gasteiger partial charge is 0.230 e. The van der Waals surface area contributed by atoms with Gasteiger partial charge in [-0.1, -0.05) is 61.5 Å². The minimum Gasteiger partial charge on any atom is -0.348 e. The Bertz CT molecular complexity index is 816. The third kappa shape index (κ3) is 4.05. The molecule has 2 aromatic rings. The van der Waals surface area contributed by atoms with E-state index in [1.807, 2.05) is 30.0 Å². The molecule has 1 saturated heterocycles. The molecule has 0 saturated carbocycles. The Morgan fingerprint density at radius 3 is 2.41 bits per heavy atom. The predicted molar refractivity (Wildman–Crippen MR) is 108 cm³/mol. The zero-order valence-corrected chi connectivity index (χ0v) is 16.4. The summed E-state index contributed by atoms with van der Waals surface area (Å²) >= 11 is 0. The van der Waals surface area contributed by atoms with Crippen molar-refractivity contribution < 1.29 is 9.59 Å². The molecule has 1 atom stereocenters. The fraction of sp³-hybridized carbons (Fsp3) is 0.391. The normalized spacial score (nSPS) is 19.1. The first-order chi connectivity index (χ1) is 12.9. The molecule has 1 heterocycles. The van der Waals surface area contributed by atoms with Gasteiger partial charge in [0.05, 0.1) is 5.41 Å². The maximum Gasteiger partial charge on any atom is 0.230 e. The molecule has 0 spiro atoms. The van der Waals surface area contributed by atoms with Crippen LogP contribution in [0.1, 0.15) is 25.3 Å². The molecule has 27 heavy (non-hydrogen) atoms. The Kier molecular flexibility index (Phi) is 5.64. The van der Waals surface area contributed by atoms with Crippen molar-refractivity contribution in [2.75, 3.05) is 27.2 Å². The summed E-state index contributed by atoms with van der Waals surface area (Å²) in [6.07, 6.45) is 1.85. The number of hydrogen-bond donors (Lipinski definition) is 0. The van der Waals surface area contributed by atoms with Crippen LogP contribution in [-0.4, -0.2) is 48.8 Å². The summed E-state index contributed by atoms with van der Waals surface area (Å²) in [6, 6.07) is 18.7. The molecule has 2 amide bonds. The van der Waals surface area contributed by atoms with Crippen LogP contribution in [0, 0.1) is 5.41 Å². The molecule has 1 fully saturated rings. The number of nitrogens with zero attached hydrogens (tertiary/aromatic N) is 2. The first-order valence-corrected chi connectivity index (χ1v) is 9.59. The zero-order valence-electron chi connectivity index (χ0n) is 16.4. The SMILES string of the molecule is CCC(=O)N1CCC(Cc2cccc(-c3ccccc3)c2)(C(=O)N(C)C)C1. The average Bonchev–Trinajstić information content (AvgIpc) is 3.12. The van der Waals surface area contributed by atoms with Crippen LogP contribution in [0.4, 0.5) is 0 Å². The van der Waals surface area contributed by atoms with Crippen LogP contribution in [0.2, 0.25) is 0 Å². The molecule has 4 heteroatoms. The van der Waals surface area contributed by atoms with Crippen LogP contribution in [0.3, 0.4) is 0 Å². The van der Waals surface area contributed by atoms with Gasteiger partial charge in [0.15, 0.2) is 0 Å². The van der Waals surface area contributed by atoms with Gasteiger partial charge in [-0.05, 0) is 29.5 Å². The van der Waals surface area contributed by atoms with Gasteiger partial charge in [-0.15, -0.1) is 0 Å². The standard InChI is InChI=1S/C23H28N2O2/c1-4-21(26)25-14-13-23(17-25,22(27)24(2)3)16-18-9-8-12-20(15-18)19-10-6-5-7-11-19/h5-12,15H,4,13-14,16-17H2,1-3H3. The van der Waals surface area contributed by atoms with E-state index in [1.165, 1.54) is 5.56 Å². The summed E-state index contributed by atoms with van der Waals surface area (Å²) in [5.41, 5.74) is 2.92. The molecule has 1 aliphatic rings. The lowest BCUT2D eigenvalue weighted by atomic mass is 9.79. The molecular formula is C23H28N2O2. The Labute approximate surface area is 161 Å². The van der Waals surface area contributed by atoms with Gasteiger partial charge in [0, 0.05) is 33.6 Å². The topological polar surface area (TPSA) is 40.6 Å². The Hall–Kier alpha value is -2.62. The van der Waals surface area contributed by atoms with Crippen molar-refractivity contribution in [1.82, 2.24) is 9.80 Å². The average molecular weight is 364 g/mol. The quantitative estimate of drug-likeness (QED) is 0.813. The summed E-state index contributed by atoms with van der Waals surface area (Å²) in [7, 11) is 3.60. The van der Waals surface area contributed by atoms with Crippen molar-refractivity contribution in [1.29, 1.82) is 0 Å². The third-order valence-electron chi connectivity index (χ3n) is 5.45. The fourth-order valence-corrected chi connectivity index (χ4v) is 4.06. The number of carbonyl (C=O) groups excluding carboxylic acids is 2. The number of rotatable bonds is 5. The van der Waals surface area contributed by atoms with Crippen molar-refractivity contribution in [3.63, 3.8) is 0 Å². The Morgan fingerprint density at radius 2 is 1.74 bits per heavy atom. The monoisotopic (exact) mass is 364 g/mol. The largest absolute Gasteiger partial charge is 0.348 e. The second-order valence-electron chi connectivity index (χ2n) is 7.64. The van der Waals surface area contributed by atoms with E-state index in [9.17, 15) is 9.59 Å². The van der Waals surface area contributed by atoms with Gasteiger partial charge in [-0.2, -0.15) is 0 Å². The van der Waals surface area contributed by atoms with Gasteiger partial charge in [-0.3, -0.25) is 9.59 Å². The Morgan fingerprint density at radius 1 is 1.04 bits per heavy atom. The van der Waals surface area contributed by atoms with Gasteiger partial charge in [0.2, 0.25) is 11.8 Å². The second-order valence-corrected chi connectivity index (χ2v) is 7.64. The van der Waals surface area contributed by atoms with E-state index in [-0.39, 0.29) is 11.8 Å². The van der Waals surface area contributed by atoms with E-state index in [0.29, 0.717) is 32.4 Å². The van der Waals surface area contributed by atoms with Crippen molar-refractivity contribution in [3.8, 4) is 11.1 Å². The van der Waals surface area contributed by atoms with Gasteiger partial charge in [0.25, 0.3) is 0 Å². The highest BCUT2D eigenvalue weighted by molar-refractivity contribution is 5.85. The minimum absolute atomic E-state index is 0.110. The summed E-state index contributed by atoms with van der Waals surface area (Å²) in [4.78, 5) is 28.8. The van der Waals surface area contributed by atoms with Crippen LogP contribution >= 0.6 is 0 Å². The predicted octanol–water partition coefficient (Wildman–Crippen LogP) is 3.61. The molecule has 1 unspecified atom stereocenters. The Balaban J connectivity index is 1.90. The lowest BCUT2D eigenvalue weighted by Gasteiger charge is -2.31.